The van der Waals surface area contributed by atoms with Crippen molar-refractivity contribution in [1.29, 1.82) is 5.26 Å². The summed E-state index contributed by atoms with van der Waals surface area (Å²) in [5, 5.41) is 18.7. The van der Waals surface area contributed by atoms with E-state index in [2.05, 4.69) is 16.0 Å². The lowest BCUT2D eigenvalue weighted by Crippen LogP contribution is -2.45. The van der Waals surface area contributed by atoms with Crippen molar-refractivity contribution in [2.24, 2.45) is 0 Å². The molecule has 0 aliphatic carbocycles. The Labute approximate surface area is 101 Å². The molecule has 2 fully saturated rings. The Morgan fingerprint density at radius 2 is 2.06 bits per heavy atom. The van der Waals surface area contributed by atoms with E-state index in [9.17, 15) is 5.11 Å². The molecule has 4 heteroatoms. The highest BCUT2D eigenvalue weighted by Gasteiger charge is 2.40. The van der Waals surface area contributed by atoms with E-state index in [1.807, 2.05) is 6.07 Å². The maximum Gasteiger partial charge on any atom is 0.130 e. The molecule has 0 spiro atoms. The van der Waals surface area contributed by atoms with Gasteiger partial charge in [-0.05, 0) is 37.8 Å². The molecule has 2 saturated heterocycles. The predicted molar refractivity (Wildman–Crippen MR) is 63.5 cm³/mol. The number of rotatable bonds is 1. The Hall–Kier alpha value is -1.60. The lowest BCUT2D eigenvalue weighted by Gasteiger charge is -2.38. The molecule has 17 heavy (non-hydrogen) atoms. The molecule has 88 valence electrons. The number of aromatic nitrogens is 1. The summed E-state index contributed by atoms with van der Waals surface area (Å²) in [5.41, 5.74) is 0.653. The average Bonchev–Trinajstić information content (AvgIpc) is 2.62. The quantitative estimate of drug-likeness (QED) is 0.791. The second kappa shape index (κ2) is 4.01. The fourth-order valence-electron chi connectivity index (χ4n) is 3.15. The normalized spacial score (nSPS) is 31.3. The first-order valence-electron chi connectivity index (χ1n) is 6.10. The molecule has 1 N–H and O–H groups in total. The molecule has 1 aromatic rings. The van der Waals surface area contributed by atoms with Crippen LogP contribution < -0.4 is 4.90 Å². The highest BCUT2D eigenvalue weighted by atomic mass is 16.3. The summed E-state index contributed by atoms with van der Waals surface area (Å²) in [6, 6.07) is 6.51. The van der Waals surface area contributed by atoms with E-state index in [4.69, 9.17) is 5.26 Å². The molecule has 3 heterocycles. The molecular weight excluding hydrogens is 214 g/mol. The van der Waals surface area contributed by atoms with Gasteiger partial charge in [-0.3, -0.25) is 0 Å². The third-order valence-electron chi connectivity index (χ3n) is 3.85. The predicted octanol–water partition coefficient (Wildman–Crippen LogP) is 1.45. The van der Waals surface area contributed by atoms with Crippen molar-refractivity contribution in [2.75, 3.05) is 4.90 Å². The Morgan fingerprint density at radius 1 is 1.35 bits per heavy atom. The van der Waals surface area contributed by atoms with Crippen molar-refractivity contribution in [1.82, 2.24) is 4.98 Å². The van der Waals surface area contributed by atoms with E-state index in [0.29, 0.717) is 17.6 Å². The van der Waals surface area contributed by atoms with E-state index >= 15 is 0 Å². The van der Waals surface area contributed by atoms with Crippen LogP contribution in [0.1, 0.15) is 31.2 Å². The maximum absolute atomic E-state index is 9.76. The molecule has 0 radical (unpaired) electrons. The lowest BCUT2D eigenvalue weighted by molar-refractivity contribution is 0.126. The summed E-state index contributed by atoms with van der Waals surface area (Å²) < 4.78 is 0. The molecule has 0 aromatic carbocycles. The minimum Gasteiger partial charge on any atom is -0.393 e. The van der Waals surface area contributed by atoms with Gasteiger partial charge in [-0.15, -0.1) is 0 Å². The van der Waals surface area contributed by atoms with E-state index in [-0.39, 0.29) is 6.10 Å². The number of fused-ring (bicyclic) bond motifs is 2. The smallest absolute Gasteiger partial charge is 0.130 e. The summed E-state index contributed by atoms with van der Waals surface area (Å²) in [4.78, 5) is 6.67. The fourth-order valence-corrected chi connectivity index (χ4v) is 3.15. The zero-order valence-electron chi connectivity index (χ0n) is 9.58. The van der Waals surface area contributed by atoms with Crippen molar-refractivity contribution in [3.05, 3.63) is 23.9 Å². The van der Waals surface area contributed by atoms with Crippen LogP contribution in [0, 0.1) is 11.3 Å². The van der Waals surface area contributed by atoms with Crippen molar-refractivity contribution >= 4 is 5.82 Å². The van der Waals surface area contributed by atoms with Gasteiger partial charge in [-0.1, -0.05) is 0 Å². The van der Waals surface area contributed by atoms with Gasteiger partial charge >= 0.3 is 0 Å². The van der Waals surface area contributed by atoms with Gasteiger partial charge in [0, 0.05) is 18.3 Å². The van der Waals surface area contributed by atoms with Crippen molar-refractivity contribution in [2.45, 2.75) is 43.9 Å². The summed E-state index contributed by atoms with van der Waals surface area (Å²) in [7, 11) is 0. The lowest BCUT2D eigenvalue weighted by atomic mass is 10.00. The number of hydrogen-bond donors (Lipinski definition) is 1. The van der Waals surface area contributed by atoms with Crippen molar-refractivity contribution in [3.63, 3.8) is 0 Å². The maximum atomic E-state index is 9.76. The van der Waals surface area contributed by atoms with Crippen LogP contribution in [-0.4, -0.2) is 28.3 Å². The van der Waals surface area contributed by atoms with E-state index < -0.39 is 0 Å². The van der Waals surface area contributed by atoms with Crippen LogP contribution in [0.2, 0.25) is 0 Å². The van der Waals surface area contributed by atoms with E-state index in [0.717, 1.165) is 31.5 Å². The monoisotopic (exact) mass is 229 g/mol. The number of nitrogens with zero attached hydrogens (tertiary/aromatic N) is 3. The van der Waals surface area contributed by atoms with Gasteiger partial charge in [-0.2, -0.15) is 5.26 Å². The third kappa shape index (κ3) is 1.77. The molecule has 1 aromatic heterocycles. The highest BCUT2D eigenvalue weighted by Crippen LogP contribution is 2.38. The van der Waals surface area contributed by atoms with E-state index in [1.54, 1.807) is 12.3 Å². The molecule has 2 aliphatic heterocycles. The number of piperidine rings is 1. The molecule has 4 nitrogen and oxygen atoms in total. The van der Waals surface area contributed by atoms with Gasteiger partial charge in [0.05, 0.1) is 17.7 Å². The Morgan fingerprint density at radius 3 is 2.71 bits per heavy atom. The first-order valence-corrected chi connectivity index (χ1v) is 6.10. The summed E-state index contributed by atoms with van der Waals surface area (Å²) in [6.07, 6.45) is 5.44. The number of aliphatic hydroxyl groups is 1. The van der Waals surface area contributed by atoms with Crippen LogP contribution >= 0.6 is 0 Å². The Kier molecular flexibility index (Phi) is 2.49. The van der Waals surface area contributed by atoms with Crippen LogP contribution in [0.15, 0.2) is 18.3 Å². The van der Waals surface area contributed by atoms with Gasteiger partial charge in [0.25, 0.3) is 0 Å². The second-order valence-electron chi connectivity index (χ2n) is 4.93. The molecule has 2 atom stereocenters. The topological polar surface area (TPSA) is 60.2 Å². The standard InChI is InChI=1S/C13H15N3O/c14-8-9-3-4-15-13(5-9)16-10-1-2-11(16)7-12(17)6-10/h3-5,10-12,17H,1-2,6-7H2. The third-order valence-corrected chi connectivity index (χ3v) is 3.85. The van der Waals surface area contributed by atoms with Gasteiger partial charge in [0.15, 0.2) is 0 Å². The number of anilines is 1. The number of nitriles is 1. The number of aliphatic hydroxyl groups excluding tert-OH is 1. The first-order chi connectivity index (χ1) is 8.28. The SMILES string of the molecule is N#Cc1ccnc(N2C3CCC2CC(O)C3)c1. The van der Waals surface area contributed by atoms with Crippen LogP contribution in [0.4, 0.5) is 5.82 Å². The highest BCUT2D eigenvalue weighted by molar-refractivity contribution is 5.48. The fraction of sp³-hybridized carbons (Fsp3) is 0.538. The first kappa shape index (κ1) is 10.5. The average molecular weight is 229 g/mol. The number of pyridine rings is 1. The molecule has 3 rings (SSSR count). The second-order valence-corrected chi connectivity index (χ2v) is 4.93. The number of hydrogen-bond acceptors (Lipinski definition) is 4. The molecule has 2 aliphatic rings. The molecule has 0 amide bonds. The summed E-state index contributed by atoms with van der Waals surface area (Å²) in [6.45, 7) is 0. The van der Waals surface area contributed by atoms with Gasteiger partial charge < -0.3 is 10.0 Å². The van der Waals surface area contributed by atoms with Crippen LogP contribution in [0.25, 0.3) is 0 Å². The molecular formula is C13H15N3O. The van der Waals surface area contributed by atoms with Crippen LogP contribution in [0.3, 0.4) is 0 Å². The minimum atomic E-state index is -0.164. The minimum absolute atomic E-state index is 0.164. The molecule has 2 unspecified atom stereocenters. The van der Waals surface area contributed by atoms with Crippen LogP contribution in [-0.2, 0) is 0 Å². The Balaban J connectivity index is 1.92. The zero-order valence-corrected chi connectivity index (χ0v) is 9.58. The molecule has 2 bridgehead atoms. The zero-order chi connectivity index (χ0) is 11.8. The van der Waals surface area contributed by atoms with Gasteiger partial charge in [-0.25, -0.2) is 4.98 Å². The summed E-state index contributed by atoms with van der Waals surface area (Å²) >= 11 is 0. The van der Waals surface area contributed by atoms with Crippen LogP contribution in [0.5, 0.6) is 0 Å². The largest absolute Gasteiger partial charge is 0.393 e. The van der Waals surface area contributed by atoms with Gasteiger partial charge in [0.1, 0.15) is 5.82 Å². The van der Waals surface area contributed by atoms with Crippen molar-refractivity contribution in [3.8, 4) is 6.07 Å². The summed E-state index contributed by atoms with van der Waals surface area (Å²) in [5.74, 6) is 0.892. The van der Waals surface area contributed by atoms with Gasteiger partial charge in [0.2, 0.25) is 0 Å². The molecule has 0 saturated carbocycles. The Bertz CT molecular complexity index is 454. The van der Waals surface area contributed by atoms with Crippen molar-refractivity contribution < 1.29 is 5.11 Å². The van der Waals surface area contributed by atoms with E-state index in [1.165, 1.54) is 0 Å².